The highest BCUT2D eigenvalue weighted by atomic mass is 16.2. The van der Waals surface area contributed by atoms with Gasteiger partial charge in [-0.25, -0.2) is 4.68 Å². The van der Waals surface area contributed by atoms with Gasteiger partial charge in [0.05, 0.1) is 5.69 Å². The van der Waals surface area contributed by atoms with Crippen LogP contribution in [0.4, 0.5) is 5.82 Å². The summed E-state index contributed by atoms with van der Waals surface area (Å²) in [5.41, 5.74) is 5.10. The maximum absolute atomic E-state index is 12.7. The summed E-state index contributed by atoms with van der Waals surface area (Å²) in [6.45, 7) is 10.9. The summed E-state index contributed by atoms with van der Waals surface area (Å²) in [7, 11) is 0. The van der Waals surface area contributed by atoms with E-state index < -0.39 is 0 Å². The summed E-state index contributed by atoms with van der Waals surface area (Å²) >= 11 is 0. The summed E-state index contributed by atoms with van der Waals surface area (Å²) in [6.07, 6.45) is 0. The Hall–Kier alpha value is -3.22. The third-order valence-electron chi connectivity index (χ3n) is 5.66. The molecule has 1 saturated heterocycles. The van der Waals surface area contributed by atoms with Crippen molar-refractivity contribution in [3.8, 4) is 5.82 Å². The maximum atomic E-state index is 12.7. The normalized spacial score (nSPS) is 14.3. The van der Waals surface area contributed by atoms with Crippen LogP contribution in [0.1, 0.15) is 32.9 Å². The molecule has 0 aliphatic carbocycles. The molecular formula is C22H26N6O. The van der Waals surface area contributed by atoms with Crippen molar-refractivity contribution in [2.45, 2.75) is 27.7 Å². The Labute approximate surface area is 171 Å². The van der Waals surface area contributed by atoms with Gasteiger partial charge in [-0.1, -0.05) is 17.7 Å². The van der Waals surface area contributed by atoms with Crippen LogP contribution in [-0.2, 0) is 0 Å². The molecule has 4 rings (SSSR count). The van der Waals surface area contributed by atoms with Gasteiger partial charge in [0, 0.05) is 37.4 Å². The summed E-state index contributed by atoms with van der Waals surface area (Å²) < 4.78 is 1.83. The fourth-order valence-electron chi connectivity index (χ4n) is 3.64. The van der Waals surface area contributed by atoms with Gasteiger partial charge in [0.25, 0.3) is 5.91 Å². The number of benzene rings is 1. The largest absolute Gasteiger partial charge is 0.352 e. The number of anilines is 1. The summed E-state index contributed by atoms with van der Waals surface area (Å²) in [6, 6.07) is 11.7. The van der Waals surface area contributed by atoms with Crippen LogP contribution in [0.2, 0.25) is 0 Å². The fourth-order valence-corrected chi connectivity index (χ4v) is 3.64. The maximum Gasteiger partial charge on any atom is 0.253 e. The van der Waals surface area contributed by atoms with Crippen molar-refractivity contribution < 1.29 is 4.79 Å². The minimum Gasteiger partial charge on any atom is -0.352 e. The van der Waals surface area contributed by atoms with E-state index in [1.807, 2.05) is 66.8 Å². The second-order valence-corrected chi connectivity index (χ2v) is 7.61. The van der Waals surface area contributed by atoms with Crippen molar-refractivity contribution in [1.82, 2.24) is 24.9 Å². The quantitative estimate of drug-likeness (QED) is 0.688. The van der Waals surface area contributed by atoms with Crippen LogP contribution in [0.5, 0.6) is 0 Å². The molecule has 0 atom stereocenters. The zero-order valence-electron chi connectivity index (χ0n) is 17.4. The number of hydrogen-bond acceptors (Lipinski definition) is 5. The van der Waals surface area contributed by atoms with E-state index in [0.717, 1.165) is 47.2 Å². The van der Waals surface area contributed by atoms with E-state index in [1.54, 1.807) is 0 Å². The highest BCUT2D eigenvalue weighted by molar-refractivity contribution is 5.94. The minimum absolute atomic E-state index is 0.0923. The van der Waals surface area contributed by atoms with Gasteiger partial charge in [0.2, 0.25) is 0 Å². The van der Waals surface area contributed by atoms with Gasteiger partial charge in [0.1, 0.15) is 0 Å². The Kier molecular flexibility index (Phi) is 5.05. The minimum atomic E-state index is 0.0923. The second kappa shape index (κ2) is 7.66. The first-order valence-corrected chi connectivity index (χ1v) is 9.92. The van der Waals surface area contributed by atoms with E-state index in [-0.39, 0.29) is 5.91 Å². The molecule has 7 heteroatoms. The lowest BCUT2D eigenvalue weighted by Gasteiger charge is -2.35. The Morgan fingerprint density at radius 2 is 1.59 bits per heavy atom. The number of amides is 1. The van der Waals surface area contributed by atoms with Crippen LogP contribution >= 0.6 is 0 Å². The first-order chi connectivity index (χ1) is 13.9. The number of piperazine rings is 1. The van der Waals surface area contributed by atoms with E-state index >= 15 is 0 Å². The molecule has 1 aliphatic heterocycles. The third-order valence-corrected chi connectivity index (χ3v) is 5.66. The van der Waals surface area contributed by atoms with Crippen molar-refractivity contribution in [2.75, 3.05) is 31.1 Å². The van der Waals surface area contributed by atoms with Gasteiger partial charge in [-0.3, -0.25) is 4.79 Å². The first kappa shape index (κ1) is 19.1. The molecule has 150 valence electrons. The van der Waals surface area contributed by atoms with Crippen molar-refractivity contribution in [2.24, 2.45) is 0 Å². The van der Waals surface area contributed by atoms with Crippen LogP contribution in [-0.4, -0.2) is 57.0 Å². The monoisotopic (exact) mass is 390 g/mol. The van der Waals surface area contributed by atoms with E-state index in [0.29, 0.717) is 13.1 Å². The molecule has 2 aromatic heterocycles. The summed E-state index contributed by atoms with van der Waals surface area (Å²) in [4.78, 5) is 16.8. The number of nitrogens with zero attached hydrogens (tertiary/aromatic N) is 6. The molecule has 0 saturated carbocycles. The average molecular weight is 390 g/mol. The molecule has 29 heavy (non-hydrogen) atoms. The lowest BCUT2D eigenvalue weighted by molar-refractivity contribution is 0.0746. The fraction of sp³-hybridized carbons (Fsp3) is 0.364. The highest BCUT2D eigenvalue weighted by Gasteiger charge is 2.23. The number of carbonyl (C=O) groups is 1. The van der Waals surface area contributed by atoms with Crippen molar-refractivity contribution in [3.63, 3.8) is 0 Å². The average Bonchev–Trinajstić information content (AvgIpc) is 3.01. The third kappa shape index (κ3) is 3.72. The molecule has 3 aromatic rings. The molecule has 1 aromatic carbocycles. The second-order valence-electron chi connectivity index (χ2n) is 7.61. The SMILES string of the molecule is Cc1cccc(C(=O)N2CCN(c3ccc(-n4nc(C)c(C)c4C)nn3)CC2)c1. The molecule has 0 N–H and O–H groups in total. The van der Waals surface area contributed by atoms with Crippen LogP contribution in [0.3, 0.4) is 0 Å². The molecule has 1 fully saturated rings. The number of hydrogen-bond donors (Lipinski definition) is 0. The van der Waals surface area contributed by atoms with Crippen LogP contribution in [0.25, 0.3) is 5.82 Å². The van der Waals surface area contributed by atoms with E-state index in [4.69, 9.17) is 0 Å². The summed E-state index contributed by atoms with van der Waals surface area (Å²) in [5.74, 6) is 1.64. The van der Waals surface area contributed by atoms with E-state index in [2.05, 4.69) is 27.1 Å². The highest BCUT2D eigenvalue weighted by Crippen LogP contribution is 2.18. The van der Waals surface area contributed by atoms with Gasteiger partial charge in [-0.2, -0.15) is 5.10 Å². The number of aryl methyl sites for hydroxylation is 2. The van der Waals surface area contributed by atoms with E-state index in [9.17, 15) is 4.79 Å². The molecule has 1 aliphatic rings. The zero-order valence-corrected chi connectivity index (χ0v) is 17.4. The molecule has 0 unspecified atom stereocenters. The molecule has 0 radical (unpaired) electrons. The standard InChI is InChI=1S/C22H26N6O/c1-15-6-5-7-19(14-15)22(29)27-12-10-26(11-13-27)20-8-9-21(24-23-20)28-18(4)16(2)17(3)25-28/h5-9,14H,10-13H2,1-4H3. The van der Waals surface area contributed by atoms with Crippen molar-refractivity contribution >= 4 is 11.7 Å². The molecule has 0 bridgehead atoms. The topological polar surface area (TPSA) is 67.2 Å². The number of aromatic nitrogens is 4. The van der Waals surface area contributed by atoms with Gasteiger partial charge in [-0.05, 0) is 57.5 Å². The number of carbonyl (C=O) groups excluding carboxylic acids is 1. The lowest BCUT2D eigenvalue weighted by atomic mass is 10.1. The first-order valence-electron chi connectivity index (χ1n) is 9.92. The predicted molar refractivity (Wildman–Crippen MR) is 113 cm³/mol. The predicted octanol–water partition coefficient (Wildman–Crippen LogP) is 2.86. The van der Waals surface area contributed by atoms with Gasteiger partial charge >= 0.3 is 0 Å². The Morgan fingerprint density at radius 1 is 0.897 bits per heavy atom. The van der Waals surface area contributed by atoms with Crippen LogP contribution in [0, 0.1) is 27.7 Å². The van der Waals surface area contributed by atoms with Gasteiger partial charge in [0.15, 0.2) is 11.6 Å². The van der Waals surface area contributed by atoms with E-state index in [1.165, 1.54) is 5.56 Å². The smallest absolute Gasteiger partial charge is 0.253 e. The molecular weight excluding hydrogens is 364 g/mol. The molecule has 3 heterocycles. The number of rotatable bonds is 3. The Morgan fingerprint density at radius 3 is 2.17 bits per heavy atom. The zero-order chi connectivity index (χ0) is 20.5. The van der Waals surface area contributed by atoms with Crippen molar-refractivity contribution in [3.05, 3.63) is 64.5 Å². The Bertz CT molecular complexity index is 1030. The molecule has 1 amide bonds. The Balaban J connectivity index is 1.42. The molecule has 7 nitrogen and oxygen atoms in total. The van der Waals surface area contributed by atoms with Crippen LogP contribution in [0.15, 0.2) is 36.4 Å². The van der Waals surface area contributed by atoms with Crippen LogP contribution < -0.4 is 4.90 Å². The van der Waals surface area contributed by atoms with Gasteiger partial charge in [-0.15, -0.1) is 10.2 Å². The van der Waals surface area contributed by atoms with Gasteiger partial charge < -0.3 is 9.80 Å². The summed E-state index contributed by atoms with van der Waals surface area (Å²) in [5, 5.41) is 13.3. The van der Waals surface area contributed by atoms with Crippen molar-refractivity contribution in [1.29, 1.82) is 0 Å². The lowest BCUT2D eigenvalue weighted by Crippen LogP contribution is -2.49. The molecule has 0 spiro atoms.